The van der Waals surface area contributed by atoms with Gasteiger partial charge in [0.25, 0.3) is 11.8 Å². The zero-order chi connectivity index (χ0) is 20.6. The molecule has 0 radical (unpaired) electrons. The second kappa shape index (κ2) is 7.05. The van der Waals surface area contributed by atoms with Crippen LogP contribution in [0.15, 0.2) is 84.9 Å². The molecule has 144 valence electrons. The quantitative estimate of drug-likeness (QED) is 0.575. The number of halogens is 3. The van der Waals surface area contributed by atoms with Crippen LogP contribution in [0.25, 0.3) is 11.1 Å². The number of carbonyl (C=O) groups is 2. The van der Waals surface area contributed by atoms with Crippen LogP contribution < -0.4 is 4.90 Å². The fourth-order valence-corrected chi connectivity index (χ4v) is 3.31. The molecule has 4 rings (SSSR count). The summed E-state index contributed by atoms with van der Waals surface area (Å²) in [5.74, 6) is -1.14. The third-order valence-electron chi connectivity index (χ3n) is 4.66. The molecule has 3 aromatic carbocycles. The molecule has 0 aromatic heterocycles. The lowest BCUT2D eigenvalue weighted by Gasteiger charge is -2.16. The van der Waals surface area contributed by atoms with E-state index in [9.17, 15) is 22.8 Å². The highest BCUT2D eigenvalue weighted by atomic mass is 19.4. The van der Waals surface area contributed by atoms with E-state index in [1.165, 1.54) is 0 Å². The second-order valence-electron chi connectivity index (χ2n) is 6.47. The van der Waals surface area contributed by atoms with Gasteiger partial charge in [-0.05, 0) is 35.4 Å². The lowest BCUT2D eigenvalue weighted by atomic mass is 9.96. The zero-order valence-corrected chi connectivity index (χ0v) is 15.0. The molecule has 0 saturated carbocycles. The average Bonchev–Trinajstić information content (AvgIpc) is 2.99. The molecular weight excluding hydrogens is 379 g/mol. The first-order valence-electron chi connectivity index (χ1n) is 8.79. The molecule has 6 heteroatoms. The van der Waals surface area contributed by atoms with Crippen molar-refractivity contribution < 1.29 is 22.8 Å². The van der Waals surface area contributed by atoms with E-state index in [2.05, 4.69) is 0 Å². The van der Waals surface area contributed by atoms with Crippen LogP contribution in [-0.4, -0.2) is 11.8 Å². The summed E-state index contributed by atoms with van der Waals surface area (Å²) in [5.41, 5.74) is 0.828. The number of nitrogens with zero attached hydrogens (tertiary/aromatic N) is 1. The Morgan fingerprint density at radius 2 is 1.00 bits per heavy atom. The van der Waals surface area contributed by atoms with Gasteiger partial charge in [0.1, 0.15) is 0 Å². The highest BCUT2D eigenvalue weighted by molar-refractivity contribution is 6.56. The predicted octanol–water partition coefficient (Wildman–Crippen LogP) is 5.19. The van der Waals surface area contributed by atoms with Crippen molar-refractivity contribution in [1.82, 2.24) is 0 Å². The van der Waals surface area contributed by atoms with Crippen LogP contribution in [0.1, 0.15) is 16.7 Å². The van der Waals surface area contributed by atoms with Crippen LogP contribution in [-0.2, 0) is 15.8 Å². The minimum atomic E-state index is -4.50. The number of anilines is 1. The summed E-state index contributed by atoms with van der Waals surface area (Å²) in [7, 11) is 0. The van der Waals surface area contributed by atoms with Gasteiger partial charge in [-0.15, -0.1) is 0 Å². The number of carbonyl (C=O) groups excluding carboxylic acids is 2. The summed E-state index contributed by atoms with van der Waals surface area (Å²) in [5, 5.41) is 0. The maximum absolute atomic E-state index is 13.2. The van der Waals surface area contributed by atoms with E-state index in [1.807, 2.05) is 0 Å². The number of amides is 2. The van der Waals surface area contributed by atoms with Crippen molar-refractivity contribution in [2.45, 2.75) is 6.18 Å². The molecule has 1 aliphatic heterocycles. The maximum atomic E-state index is 13.2. The summed E-state index contributed by atoms with van der Waals surface area (Å²) >= 11 is 0. The Morgan fingerprint density at radius 3 is 1.38 bits per heavy atom. The number of hydrogen-bond acceptors (Lipinski definition) is 2. The Kier molecular flexibility index (Phi) is 4.54. The van der Waals surface area contributed by atoms with E-state index in [0.29, 0.717) is 11.1 Å². The topological polar surface area (TPSA) is 37.4 Å². The number of benzene rings is 3. The smallest absolute Gasteiger partial charge is 0.268 e. The van der Waals surface area contributed by atoms with Gasteiger partial charge in [-0.1, -0.05) is 60.7 Å². The van der Waals surface area contributed by atoms with Crippen molar-refractivity contribution in [3.05, 3.63) is 102 Å². The van der Waals surface area contributed by atoms with Crippen LogP contribution in [0, 0.1) is 0 Å². The minimum absolute atomic E-state index is 0.0902. The highest BCUT2D eigenvalue weighted by Gasteiger charge is 2.40. The molecule has 29 heavy (non-hydrogen) atoms. The van der Waals surface area contributed by atoms with Gasteiger partial charge < -0.3 is 0 Å². The molecule has 1 heterocycles. The van der Waals surface area contributed by atoms with Gasteiger partial charge in [-0.25, -0.2) is 4.90 Å². The van der Waals surface area contributed by atoms with Gasteiger partial charge in [0.05, 0.1) is 22.4 Å². The number of imide groups is 1. The van der Waals surface area contributed by atoms with E-state index >= 15 is 0 Å². The Morgan fingerprint density at radius 1 is 0.586 bits per heavy atom. The molecule has 0 bridgehead atoms. The standard InChI is InChI=1S/C23H14F3NO2/c24-23(25,26)17-11-13-18(14-12-17)27-21(28)19(15-7-3-1-4-8-15)20(22(27)29)16-9-5-2-6-10-16/h1-14H. The third-order valence-corrected chi connectivity index (χ3v) is 4.66. The SMILES string of the molecule is O=C1C(c2ccccc2)=C(c2ccccc2)C(=O)N1c1ccc(C(F)(F)F)cc1. The van der Waals surface area contributed by atoms with Crippen LogP contribution in [0.2, 0.25) is 0 Å². The first-order chi connectivity index (χ1) is 13.9. The summed E-state index contributed by atoms with van der Waals surface area (Å²) in [6.07, 6.45) is -4.50. The van der Waals surface area contributed by atoms with Crippen molar-refractivity contribution >= 4 is 28.6 Å². The Labute approximate surface area is 164 Å². The van der Waals surface area contributed by atoms with Crippen molar-refractivity contribution in [3.8, 4) is 0 Å². The first kappa shape index (κ1) is 18.7. The molecule has 0 fully saturated rings. The maximum Gasteiger partial charge on any atom is 0.416 e. The van der Waals surface area contributed by atoms with E-state index < -0.39 is 23.6 Å². The van der Waals surface area contributed by atoms with Gasteiger partial charge >= 0.3 is 6.18 Å². The first-order valence-corrected chi connectivity index (χ1v) is 8.79. The van der Waals surface area contributed by atoms with E-state index in [4.69, 9.17) is 0 Å². The normalized spacial score (nSPS) is 14.7. The fourth-order valence-electron chi connectivity index (χ4n) is 3.31. The summed E-state index contributed by atoms with van der Waals surface area (Å²) < 4.78 is 38.6. The Hall–Kier alpha value is -3.67. The molecule has 3 aromatic rings. The molecular formula is C23H14F3NO2. The lowest BCUT2D eigenvalue weighted by Crippen LogP contribution is -2.31. The fraction of sp³-hybridized carbons (Fsp3) is 0.0435. The molecule has 0 aliphatic carbocycles. The molecule has 0 atom stereocenters. The van der Waals surface area contributed by atoms with E-state index in [0.717, 1.165) is 29.2 Å². The molecule has 3 nitrogen and oxygen atoms in total. The largest absolute Gasteiger partial charge is 0.416 e. The van der Waals surface area contributed by atoms with Gasteiger partial charge in [-0.2, -0.15) is 13.2 Å². The minimum Gasteiger partial charge on any atom is -0.268 e. The second-order valence-corrected chi connectivity index (χ2v) is 6.47. The van der Waals surface area contributed by atoms with E-state index in [1.54, 1.807) is 60.7 Å². The number of alkyl halides is 3. The summed E-state index contributed by atoms with van der Waals surface area (Å²) in [6.45, 7) is 0. The van der Waals surface area contributed by atoms with E-state index in [-0.39, 0.29) is 16.8 Å². The van der Waals surface area contributed by atoms with Crippen LogP contribution in [0.5, 0.6) is 0 Å². The van der Waals surface area contributed by atoms with Crippen LogP contribution in [0.3, 0.4) is 0 Å². The van der Waals surface area contributed by atoms with Crippen molar-refractivity contribution in [2.75, 3.05) is 4.90 Å². The van der Waals surface area contributed by atoms with Crippen LogP contribution in [0.4, 0.5) is 18.9 Å². The third kappa shape index (κ3) is 3.33. The van der Waals surface area contributed by atoms with Gasteiger partial charge in [0, 0.05) is 0 Å². The molecule has 0 N–H and O–H groups in total. The number of hydrogen-bond donors (Lipinski definition) is 0. The summed E-state index contributed by atoms with van der Waals surface area (Å²) in [6, 6.07) is 21.5. The molecule has 0 unspecified atom stereocenters. The van der Waals surface area contributed by atoms with Crippen molar-refractivity contribution in [3.63, 3.8) is 0 Å². The Bertz CT molecular complexity index is 1040. The molecule has 0 saturated heterocycles. The zero-order valence-electron chi connectivity index (χ0n) is 15.0. The van der Waals surface area contributed by atoms with Gasteiger partial charge in [0.15, 0.2) is 0 Å². The van der Waals surface area contributed by atoms with Gasteiger partial charge in [0.2, 0.25) is 0 Å². The molecule has 2 amide bonds. The lowest BCUT2D eigenvalue weighted by molar-refractivity contribution is -0.137. The monoisotopic (exact) mass is 393 g/mol. The van der Waals surface area contributed by atoms with Crippen molar-refractivity contribution in [2.24, 2.45) is 0 Å². The molecule has 0 spiro atoms. The van der Waals surface area contributed by atoms with Crippen LogP contribution >= 0.6 is 0 Å². The highest BCUT2D eigenvalue weighted by Crippen LogP contribution is 2.39. The Balaban J connectivity index is 1.83. The molecule has 1 aliphatic rings. The van der Waals surface area contributed by atoms with Gasteiger partial charge in [-0.3, -0.25) is 9.59 Å². The summed E-state index contributed by atoms with van der Waals surface area (Å²) in [4.78, 5) is 27.3. The predicted molar refractivity (Wildman–Crippen MR) is 104 cm³/mol. The number of rotatable bonds is 3. The van der Waals surface area contributed by atoms with Crippen molar-refractivity contribution in [1.29, 1.82) is 0 Å². The average molecular weight is 393 g/mol.